The van der Waals surface area contributed by atoms with Crippen LogP contribution in [0.4, 0.5) is 17.1 Å². The molecule has 5 heteroatoms. The van der Waals surface area contributed by atoms with Crippen LogP contribution in [0.5, 0.6) is 11.5 Å². The fraction of sp³-hybridized carbons (Fsp3) is 0.0952. The number of aromatic carboxylic acids is 1. The molecule has 1 N–H and O–H groups in total. The van der Waals surface area contributed by atoms with Crippen LogP contribution in [0.25, 0.3) is 0 Å². The molecule has 0 aromatic heterocycles. The third kappa shape index (κ3) is 3.62. The summed E-state index contributed by atoms with van der Waals surface area (Å²) in [5, 5.41) is 9.14. The average molecular weight is 349 g/mol. The Bertz CT molecular complexity index is 858. The molecule has 3 aromatic rings. The minimum absolute atomic E-state index is 0.241. The zero-order chi connectivity index (χ0) is 18.5. The van der Waals surface area contributed by atoms with Gasteiger partial charge in [-0.05, 0) is 48.5 Å². The summed E-state index contributed by atoms with van der Waals surface area (Å²) >= 11 is 0. The molecule has 3 aromatic carbocycles. The van der Waals surface area contributed by atoms with Crippen LogP contribution in [0.2, 0.25) is 0 Å². The fourth-order valence-corrected chi connectivity index (χ4v) is 2.70. The molecule has 132 valence electrons. The molecule has 0 fully saturated rings. The maximum Gasteiger partial charge on any atom is 0.335 e. The second-order valence-electron chi connectivity index (χ2n) is 5.59. The molecule has 0 amide bonds. The van der Waals surface area contributed by atoms with Crippen molar-refractivity contribution in [1.82, 2.24) is 0 Å². The first-order chi connectivity index (χ1) is 12.6. The van der Waals surface area contributed by atoms with Gasteiger partial charge in [-0.25, -0.2) is 4.79 Å². The van der Waals surface area contributed by atoms with Gasteiger partial charge in [-0.15, -0.1) is 0 Å². The van der Waals surface area contributed by atoms with Gasteiger partial charge in [0, 0.05) is 29.2 Å². The van der Waals surface area contributed by atoms with Gasteiger partial charge in [-0.3, -0.25) is 0 Å². The van der Waals surface area contributed by atoms with E-state index in [2.05, 4.69) is 0 Å². The summed E-state index contributed by atoms with van der Waals surface area (Å²) in [6.45, 7) is 0. The lowest BCUT2D eigenvalue weighted by Crippen LogP contribution is -2.10. The summed E-state index contributed by atoms with van der Waals surface area (Å²) < 4.78 is 10.7. The first-order valence-electron chi connectivity index (χ1n) is 8.04. The standard InChI is InChI=1S/C21H19NO4/c1-25-19-7-3-5-17(13-19)22(18-6-4-8-20(14-18)26-2)16-11-9-15(10-12-16)21(23)24/h3-14H,1-2H3,(H,23,24). The maximum absolute atomic E-state index is 11.1. The first kappa shape index (κ1) is 17.4. The summed E-state index contributed by atoms with van der Waals surface area (Å²) in [6.07, 6.45) is 0. The van der Waals surface area contributed by atoms with Crippen molar-refractivity contribution in [3.05, 3.63) is 78.4 Å². The summed E-state index contributed by atoms with van der Waals surface area (Å²) in [6, 6.07) is 22.1. The number of hydrogen-bond donors (Lipinski definition) is 1. The van der Waals surface area contributed by atoms with Crippen LogP contribution in [0.3, 0.4) is 0 Å². The van der Waals surface area contributed by atoms with Gasteiger partial charge in [0.2, 0.25) is 0 Å². The number of methoxy groups -OCH3 is 2. The van der Waals surface area contributed by atoms with E-state index in [0.717, 1.165) is 28.6 Å². The SMILES string of the molecule is COc1cccc(N(c2ccc(C(=O)O)cc2)c2cccc(OC)c2)c1. The number of hydrogen-bond acceptors (Lipinski definition) is 4. The highest BCUT2D eigenvalue weighted by molar-refractivity contribution is 5.89. The molecule has 0 aliphatic rings. The predicted octanol–water partition coefficient (Wildman–Crippen LogP) is 4.87. The lowest BCUT2D eigenvalue weighted by Gasteiger charge is -2.26. The van der Waals surface area contributed by atoms with Crippen molar-refractivity contribution in [1.29, 1.82) is 0 Å². The van der Waals surface area contributed by atoms with E-state index >= 15 is 0 Å². The molecule has 0 bridgehead atoms. The molecular weight excluding hydrogens is 330 g/mol. The number of anilines is 3. The predicted molar refractivity (Wildman–Crippen MR) is 101 cm³/mol. The normalized spacial score (nSPS) is 10.2. The van der Waals surface area contributed by atoms with Crippen molar-refractivity contribution in [2.75, 3.05) is 19.1 Å². The number of carboxylic acids is 1. The third-order valence-electron chi connectivity index (χ3n) is 4.00. The lowest BCUT2D eigenvalue weighted by atomic mass is 10.1. The van der Waals surface area contributed by atoms with Crippen molar-refractivity contribution >= 4 is 23.0 Å². The summed E-state index contributed by atoms with van der Waals surface area (Å²) in [7, 11) is 3.24. The Hall–Kier alpha value is -3.47. The lowest BCUT2D eigenvalue weighted by molar-refractivity contribution is 0.0697. The van der Waals surface area contributed by atoms with E-state index in [1.807, 2.05) is 53.4 Å². The molecule has 0 radical (unpaired) electrons. The van der Waals surface area contributed by atoms with E-state index in [9.17, 15) is 4.79 Å². The Labute approximate surface area is 152 Å². The zero-order valence-electron chi connectivity index (χ0n) is 14.5. The molecule has 0 heterocycles. The molecule has 0 saturated heterocycles. The zero-order valence-corrected chi connectivity index (χ0v) is 14.5. The highest BCUT2D eigenvalue weighted by Gasteiger charge is 2.14. The Morgan fingerprint density at radius 1 is 0.769 bits per heavy atom. The second-order valence-corrected chi connectivity index (χ2v) is 5.59. The summed E-state index contributed by atoms with van der Waals surface area (Å²) in [5.41, 5.74) is 2.85. The average Bonchev–Trinajstić information content (AvgIpc) is 2.69. The molecular formula is C21H19NO4. The van der Waals surface area contributed by atoms with Crippen LogP contribution in [-0.2, 0) is 0 Å². The molecule has 3 rings (SSSR count). The van der Waals surface area contributed by atoms with Gasteiger partial charge in [0.05, 0.1) is 19.8 Å². The van der Waals surface area contributed by atoms with Crippen molar-refractivity contribution in [2.24, 2.45) is 0 Å². The molecule has 0 unspecified atom stereocenters. The molecule has 0 atom stereocenters. The number of nitrogens with zero attached hydrogens (tertiary/aromatic N) is 1. The van der Waals surface area contributed by atoms with Gasteiger partial charge >= 0.3 is 5.97 Å². The summed E-state index contributed by atoms with van der Waals surface area (Å²) in [5.74, 6) is 0.515. The highest BCUT2D eigenvalue weighted by atomic mass is 16.5. The number of carboxylic acid groups (broad SMARTS) is 1. The van der Waals surface area contributed by atoms with Crippen molar-refractivity contribution < 1.29 is 19.4 Å². The van der Waals surface area contributed by atoms with Crippen molar-refractivity contribution in [3.63, 3.8) is 0 Å². The van der Waals surface area contributed by atoms with Crippen molar-refractivity contribution in [3.8, 4) is 11.5 Å². The quantitative estimate of drug-likeness (QED) is 0.688. The largest absolute Gasteiger partial charge is 0.497 e. The van der Waals surface area contributed by atoms with Gasteiger partial charge in [0.1, 0.15) is 11.5 Å². The molecule has 0 saturated carbocycles. The number of ether oxygens (including phenoxy) is 2. The Balaban J connectivity index is 2.12. The maximum atomic E-state index is 11.1. The molecule has 0 spiro atoms. The van der Waals surface area contributed by atoms with Crippen LogP contribution >= 0.6 is 0 Å². The number of benzene rings is 3. The molecule has 0 aliphatic carbocycles. The van der Waals surface area contributed by atoms with Crippen LogP contribution < -0.4 is 14.4 Å². The van der Waals surface area contributed by atoms with Gasteiger partial charge in [0.15, 0.2) is 0 Å². The minimum atomic E-state index is -0.953. The van der Waals surface area contributed by atoms with E-state index < -0.39 is 5.97 Å². The topological polar surface area (TPSA) is 59.0 Å². The van der Waals surface area contributed by atoms with Crippen LogP contribution in [-0.4, -0.2) is 25.3 Å². The van der Waals surface area contributed by atoms with Gasteiger partial charge in [0.25, 0.3) is 0 Å². The molecule has 5 nitrogen and oxygen atoms in total. The Kier molecular flexibility index (Phi) is 5.08. The smallest absolute Gasteiger partial charge is 0.335 e. The van der Waals surface area contributed by atoms with Crippen LogP contribution in [0, 0.1) is 0 Å². The van der Waals surface area contributed by atoms with E-state index in [4.69, 9.17) is 14.6 Å². The monoisotopic (exact) mass is 349 g/mol. The van der Waals surface area contributed by atoms with Gasteiger partial charge in [-0.1, -0.05) is 12.1 Å². The van der Waals surface area contributed by atoms with E-state index in [1.165, 1.54) is 0 Å². The van der Waals surface area contributed by atoms with Crippen LogP contribution in [0.1, 0.15) is 10.4 Å². The third-order valence-corrected chi connectivity index (χ3v) is 4.00. The Morgan fingerprint density at radius 2 is 1.27 bits per heavy atom. The van der Waals surface area contributed by atoms with E-state index in [-0.39, 0.29) is 5.56 Å². The van der Waals surface area contributed by atoms with E-state index in [1.54, 1.807) is 38.5 Å². The first-order valence-corrected chi connectivity index (χ1v) is 8.04. The van der Waals surface area contributed by atoms with Crippen molar-refractivity contribution in [2.45, 2.75) is 0 Å². The van der Waals surface area contributed by atoms with Crippen LogP contribution in [0.15, 0.2) is 72.8 Å². The van der Waals surface area contributed by atoms with Gasteiger partial charge < -0.3 is 19.5 Å². The molecule has 26 heavy (non-hydrogen) atoms. The van der Waals surface area contributed by atoms with Gasteiger partial charge in [-0.2, -0.15) is 0 Å². The van der Waals surface area contributed by atoms with E-state index in [0.29, 0.717) is 0 Å². The fourth-order valence-electron chi connectivity index (χ4n) is 2.70. The Morgan fingerprint density at radius 3 is 1.69 bits per heavy atom. The number of carbonyl (C=O) groups is 1. The second kappa shape index (κ2) is 7.61. The molecule has 0 aliphatic heterocycles. The highest BCUT2D eigenvalue weighted by Crippen LogP contribution is 2.37. The number of rotatable bonds is 6. The summed E-state index contributed by atoms with van der Waals surface area (Å²) in [4.78, 5) is 13.2. The minimum Gasteiger partial charge on any atom is -0.497 e.